The Kier molecular flexibility index (Phi) is 5.50. The van der Waals surface area contributed by atoms with E-state index in [-0.39, 0.29) is 12.1 Å². The van der Waals surface area contributed by atoms with E-state index in [0.717, 1.165) is 16.3 Å². The first-order valence-electron chi connectivity index (χ1n) is 9.63. The van der Waals surface area contributed by atoms with E-state index in [9.17, 15) is 14.7 Å². The molecule has 0 aliphatic heterocycles. The molecule has 0 bridgehead atoms. The molecule has 0 fully saturated rings. The Morgan fingerprint density at radius 3 is 2.63 bits per heavy atom. The first kappa shape index (κ1) is 19.7. The second-order valence-corrected chi connectivity index (χ2v) is 6.95. The highest BCUT2D eigenvalue weighted by Gasteiger charge is 2.16. The molecule has 0 saturated carbocycles. The van der Waals surface area contributed by atoms with Gasteiger partial charge in [-0.25, -0.2) is 4.79 Å². The first-order chi connectivity index (χ1) is 14.6. The molecule has 4 rings (SSSR count). The van der Waals surface area contributed by atoms with Gasteiger partial charge in [-0.15, -0.1) is 0 Å². The molecule has 1 amide bonds. The molecule has 0 aliphatic rings. The van der Waals surface area contributed by atoms with Gasteiger partial charge in [-0.3, -0.25) is 4.79 Å². The number of para-hydroxylation sites is 1. The summed E-state index contributed by atoms with van der Waals surface area (Å²) in [5.74, 6) is -0.117. The number of ether oxygens (including phenoxy) is 1. The number of amides is 1. The molecule has 0 spiro atoms. The lowest BCUT2D eigenvalue weighted by atomic mass is 9.99. The van der Waals surface area contributed by atoms with E-state index in [1.54, 1.807) is 18.2 Å². The van der Waals surface area contributed by atoms with E-state index in [1.807, 2.05) is 42.5 Å². The number of aliphatic hydroxyl groups excluding tert-OH is 1. The molecule has 1 heterocycles. The minimum atomic E-state index is -0.742. The number of carbonyl (C=O) groups is 1. The number of aliphatic hydroxyl groups is 1. The zero-order valence-corrected chi connectivity index (χ0v) is 16.4. The van der Waals surface area contributed by atoms with Crippen LogP contribution < -0.4 is 15.7 Å². The van der Waals surface area contributed by atoms with Crippen LogP contribution in [-0.2, 0) is 0 Å². The summed E-state index contributed by atoms with van der Waals surface area (Å²) in [7, 11) is 1.48. The molecule has 6 heteroatoms. The number of hydrogen-bond donors (Lipinski definition) is 2. The summed E-state index contributed by atoms with van der Waals surface area (Å²) >= 11 is 0. The van der Waals surface area contributed by atoms with Crippen LogP contribution in [0.25, 0.3) is 21.7 Å². The summed E-state index contributed by atoms with van der Waals surface area (Å²) in [4.78, 5) is 24.8. The van der Waals surface area contributed by atoms with Crippen LogP contribution in [0.4, 0.5) is 0 Å². The zero-order chi connectivity index (χ0) is 21.1. The fourth-order valence-electron chi connectivity index (χ4n) is 3.55. The van der Waals surface area contributed by atoms with Gasteiger partial charge in [-0.2, -0.15) is 0 Å². The van der Waals surface area contributed by atoms with Gasteiger partial charge >= 0.3 is 5.63 Å². The molecule has 1 atom stereocenters. The van der Waals surface area contributed by atoms with Crippen molar-refractivity contribution >= 4 is 27.6 Å². The van der Waals surface area contributed by atoms with Crippen molar-refractivity contribution in [3.8, 4) is 5.75 Å². The van der Waals surface area contributed by atoms with E-state index in [4.69, 9.17) is 9.15 Å². The Hall–Kier alpha value is -3.64. The Labute approximate surface area is 172 Å². The van der Waals surface area contributed by atoms with Crippen LogP contribution in [-0.4, -0.2) is 24.7 Å². The van der Waals surface area contributed by atoms with Gasteiger partial charge in [0.15, 0.2) is 11.3 Å². The molecule has 3 aromatic carbocycles. The molecule has 0 aliphatic carbocycles. The largest absolute Gasteiger partial charge is 0.493 e. The lowest BCUT2D eigenvalue weighted by molar-refractivity contribution is 0.0939. The quantitative estimate of drug-likeness (QED) is 0.478. The van der Waals surface area contributed by atoms with Crippen LogP contribution in [0.15, 0.2) is 75.9 Å². The third kappa shape index (κ3) is 3.77. The van der Waals surface area contributed by atoms with Crippen LogP contribution in [0, 0.1) is 0 Å². The van der Waals surface area contributed by atoms with Gasteiger partial charge in [0, 0.05) is 11.9 Å². The van der Waals surface area contributed by atoms with E-state index in [1.165, 1.54) is 13.2 Å². The molecular formula is C24H21NO5. The van der Waals surface area contributed by atoms with Gasteiger partial charge in [-0.1, -0.05) is 54.6 Å². The molecular weight excluding hydrogens is 382 g/mol. The molecule has 0 saturated heterocycles. The predicted octanol–water partition coefficient (Wildman–Crippen LogP) is 3.81. The third-order valence-electron chi connectivity index (χ3n) is 5.07. The van der Waals surface area contributed by atoms with E-state index in [2.05, 4.69) is 5.32 Å². The molecule has 2 N–H and O–H groups in total. The highest BCUT2D eigenvalue weighted by Crippen LogP contribution is 2.26. The van der Waals surface area contributed by atoms with Crippen molar-refractivity contribution in [2.24, 2.45) is 0 Å². The second-order valence-electron chi connectivity index (χ2n) is 6.95. The number of hydrogen-bond acceptors (Lipinski definition) is 5. The monoisotopic (exact) mass is 403 g/mol. The number of fused-ring (bicyclic) bond motifs is 2. The van der Waals surface area contributed by atoms with E-state index >= 15 is 0 Å². The minimum Gasteiger partial charge on any atom is -0.493 e. The molecule has 4 aromatic rings. The Morgan fingerprint density at radius 1 is 1.07 bits per heavy atom. The fourth-order valence-corrected chi connectivity index (χ4v) is 3.55. The molecule has 30 heavy (non-hydrogen) atoms. The second kappa shape index (κ2) is 8.39. The van der Waals surface area contributed by atoms with Gasteiger partial charge in [0.05, 0.1) is 13.2 Å². The third-order valence-corrected chi connectivity index (χ3v) is 5.07. The van der Waals surface area contributed by atoms with Gasteiger partial charge < -0.3 is 19.6 Å². The van der Waals surface area contributed by atoms with Gasteiger partial charge in [-0.05, 0) is 34.9 Å². The summed E-state index contributed by atoms with van der Waals surface area (Å²) < 4.78 is 10.5. The fraction of sp³-hybridized carbons (Fsp3) is 0.167. The Bertz CT molecular complexity index is 1270. The van der Waals surface area contributed by atoms with E-state index < -0.39 is 17.6 Å². The van der Waals surface area contributed by atoms with Crippen molar-refractivity contribution < 1.29 is 19.1 Å². The SMILES string of the molecule is COc1cccc2cc(C(=O)NCCC(O)c3cccc4ccccc34)c(=O)oc12. The average Bonchev–Trinajstić information content (AvgIpc) is 2.77. The van der Waals surface area contributed by atoms with Crippen molar-refractivity contribution in [2.75, 3.05) is 13.7 Å². The van der Waals surface area contributed by atoms with Gasteiger partial charge in [0.25, 0.3) is 5.91 Å². The smallest absolute Gasteiger partial charge is 0.349 e. The average molecular weight is 403 g/mol. The van der Waals surface area contributed by atoms with Crippen LogP contribution in [0.3, 0.4) is 0 Å². The summed E-state index contributed by atoms with van der Waals surface area (Å²) in [5.41, 5.74) is 0.280. The Balaban J connectivity index is 1.47. The lowest BCUT2D eigenvalue weighted by Crippen LogP contribution is -2.29. The van der Waals surface area contributed by atoms with Crippen LogP contribution >= 0.6 is 0 Å². The van der Waals surface area contributed by atoms with Crippen molar-refractivity contribution in [3.05, 3.63) is 88.3 Å². The Morgan fingerprint density at radius 2 is 1.80 bits per heavy atom. The summed E-state index contributed by atoms with van der Waals surface area (Å²) in [6.45, 7) is 0.207. The number of benzene rings is 3. The topological polar surface area (TPSA) is 88.8 Å². The zero-order valence-electron chi connectivity index (χ0n) is 16.4. The van der Waals surface area contributed by atoms with E-state index in [0.29, 0.717) is 23.1 Å². The van der Waals surface area contributed by atoms with Crippen LogP contribution in [0.5, 0.6) is 5.75 Å². The van der Waals surface area contributed by atoms with Crippen molar-refractivity contribution in [1.82, 2.24) is 5.32 Å². The normalized spacial score (nSPS) is 12.1. The number of rotatable bonds is 6. The van der Waals surface area contributed by atoms with Crippen LogP contribution in [0.2, 0.25) is 0 Å². The highest BCUT2D eigenvalue weighted by molar-refractivity contribution is 5.97. The number of methoxy groups -OCH3 is 1. The molecule has 152 valence electrons. The first-order valence-corrected chi connectivity index (χ1v) is 9.63. The number of nitrogens with one attached hydrogen (secondary N) is 1. The number of carbonyl (C=O) groups excluding carboxylic acids is 1. The highest BCUT2D eigenvalue weighted by atomic mass is 16.5. The maximum atomic E-state index is 12.5. The van der Waals surface area contributed by atoms with Crippen molar-refractivity contribution in [3.63, 3.8) is 0 Å². The predicted molar refractivity (Wildman–Crippen MR) is 115 cm³/mol. The van der Waals surface area contributed by atoms with Gasteiger partial charge in [0.1, 0.15) is 5.56 Å². The maximum Gasteiger partial charge on any atom is 0.349 e. The summed E-state index contributed by atoms with van der Waals surface area (Å²) in [5, 5.41) is 15.9. The van der Waals surface area contributed by atoms with Crippen LogP contribution in [0.1, 0.15) is 28.4 Å². The van der Waals surface area contributed by atoms with Gasteiger partial charge in [0.2, 0.25) is 0 Å². The standard InChI is InChI=1S/C24H21NO5/c1-29-21-11-5-8-16-14-19(24(28)30-22(16)21)23(27)25-13-12-20(26)18-10-4-7-15-6-2-3-9-17(15)18/h2-11,14,20,26H,12-13H2,1H3,(H,25,27). The summed E-state index contributed by atoms with van der Waals surface area (Å²) in [6, 6.07) is 20.2. The minimum absolute atomic E-state index is 0.0876. The molecule has 0 radical (unpaired) electrons. The lowest BCUT2D eigenvalue weighted by Gasteiger charge is -2.14. The summed E-state index contributed by atoms with van der Waals surface area (Å²) in [6.07, 6.45) is -0.430. The van der Waals surface area contributed by atoms with Crippen molar-refractivity contribution in [2.45, 2.75) is 12.5 Å². The van der Waals surface area contributed by atoms with Crippen molar-refractivity contribution in [1.29, 1.82) is 0 Å². The molecule has 6 nitrogen and oxygen atoms in total. The molecule has 1 aromatic heterocycles. The molecule has 1 unspecified atom stereocenters. The maximum absolute atomic E-state index is 12.5.